The number of ether oxygens (including phenoxy) is 1. The molecule has 4 nitrogen and oxygen atoms in total. The molecule has 1 aromatic carbocycles. The van der Waals surface area contributed by atoms with Crippen molar-refractivity contribution in [3.8, 4) is 0 Å². The van der Waals surface area contributed by atoms with E-state index in [4.69, 9.17) is 4.74 Å². The fraction of sp³-hybridized carbons (Fsp3) is 0.368. The molecule has 0 fully saturated rings. The second-order valence-electron chi connectivity index (χ2n) is 5.54. The third-order valence-electron chi connectivity index (χ3n) is 3.70. The number of benzene rings is 1. The Morgan fingerprint density at radius 2 is 1.92 bits per heavy atom. The topological polar surface area (TPSA) is 55.4 Å². The lowest BCUT2D eigenvalue weighted by Crippen LogP contribution is -2.13. The van der Waals surface area contributed by atoms with E-state index in [0.717, 1.165) is 11.3 Å². The number of anilines is 1. The Morgan fingerprint density at radius 1 is 1.21 bits per heavy atom. The predicted molar refractivity (Wildman–Crippen MR) is 97.8 cm³/mol. The largest absolute Gasteiger partial charge is 0.462 e. The number of carbonyl (C=O) groups is 2. The molecule has 0 unspecified atom stereocenters. The monoisotopic (exact) mass is 345 g/mol. The van der Waals surface area contributed by atoms with Crippen molar-refractivity contribution >= 4 is 28.2 Å². The van der Waals surface area contributed by atoms with Crippen LogP contribution in [0.2, 0.25) is 0 Å². The molecule has 1 atom stereocenters. The van der Waals surface area contributed by atoms with E-state index < -0.39 is 5.97 Å². The molecule has 1 aromatic heterocycles. The van der Waals surface area contributed by atoms with Crippen LogP contribution in [0.5, 0.6) is 0 Å². The summed E-state index contributed by atoms with van der Waals surface area (Å²) >= 11 is 1.44. The van der Waals surface area contributed by atoms with Crippen LogP contribution >= 0.6 is 11.3 Å². The van der Waals surface area contributed by atoms with Gasteiger partial charge in [0.25, 0.3) is 0 Å². The van der Waals surface area contributed by atoms with Gasteiger partial charge in [-0.25, -0.2) is 4.79 Å². The van der Waals surface area contributed by atoms with E-state index in [0.29, 0.717) is 23.6 Å². The van der Waals surface area contributed by atoms with E-state index in [1.165, 1.54) is 16.9 Å². The molecule has 128 valence electrons. The van der Waals surface area contributed by atoms with E-state index in [9.17, 15) is 9.59 Å². The first-order valence-corrected chi connectivity index (χ1v) is 9.04. The fourth-order valence-corrected chi connectivity index (χ4v) is 3.54. The van der Waals surface area contributed by atoms with Crippen LogP contribution in [0.1, 0.15) is 60.3 Å². The number of thiophene rings is 1. The summed E-state index contributed by atoms with van der Waals surface area (Å²) < 4.78 is 5.13. The number of rotatable bonds is 7. The molecule has 0 saturated carbocycles. The summed E-state index contributed by atoms with van der Waals surface area (Å²) in [5.74, 6) is -0.336. The first-order valence-electron chi connectivity index (χ1n) is 8.22. The second-order valence-corrected chi connectivity index (χ2v) is 6.63. The Balaban J connectivity index is 2.32. The normalized spacial score (nSPS) is 11.8. The van der Waals surface area contributed by atoms with Gasteiger partial charge < -0.3 is 10.1 Å². The van der Waals surface area contributed by atoms with Gasteiger partial charge in [0.15, 0.2) is 0 Å². The highest BCUT2D eigenvalue weighted by Crippen LogP contribution is 2.36. The summed E-state index contributed by atoms with van der Waals surface area (Å²) in [4.78, 5) is 25.2. The van der Waals surface area contributed by atoms with E-state index in [1.807, 2.05) is 31.2 Å². The van der Waals surface area contributed by atoms with Crippen molar-refractivity contribution < 1.29 is 14.3 Å². The van der Waals surface area contributed by atoms with Gasteiger partial charge in [-0.05, 0) is 25.0 Å². The minimum Gasteiger partial charge on any atom is -0.462 e. The number of nitrogens with one attached hydrogen (secondary N) is 1. The van der Waals surface area contributed by atoms with Gasteiger partial charge in [0, 0.05) is 17.2 Å². The molecule has 0 spiro atoms. The van der Waals surface area contributed by atoms with Crippen LogP contribution < -0.4 is 5.32 Å². The van der Waals surface area contributed by atoms with Crippen LogP contribution in [0.3, 0.4) is 0 Å². The Labute approximate surface area is 146 Å². The highest BCUT2D eigenvalue weighted by Gasteiger charge is 2.21. The smallest absolute Gasteiger partial charge is 0.341 e. The summed E-state index contributed by atoms with van der Waals surface area (Å²) in [5.41, 5.74) is 1.60. The quantitative estimate of drug-likeness (QED) is 0.732. The van der Waals surface area contributed by atoms with Crippen molar-refractivity contribution in [2.45, 2.75) is 39.5 Å². The summed E-state index contributed by atoms with van der Waals surface area (Å²) in [5, 5.41) is 3.43. The third-order valence-corrected chi connectivity index (χ3v) is 4.94. The van der Waals surface area contributed by atoms with Crippen molar-refractivity contribution in [2.75, 3.05) is 11.9 Å². The van der Waals surface area contributed by atoms with Gasteiger partial charge in [-0.1, -0.05) is 44.2 Å². The average molecular weight is 345 g/mol. The van der Waals surface area contributed by atoms with Gasteiger partial charge in [-0.15, -0.1) is 11.3 Å². The lowest BCUT2D eigenvalue weighted by Gasteiger charge is -2.09. The molecule has 2 rings (SSSR count). The molecule has 0 aliphatic heterocycles. The Morgan fingerprint density at radius 3 is 2.54 bits per heavy atom. The molecule has 1 N–H and O–H groups in total. The molecule has 1 heterocycles. The molecule has 0 aliphatic rings. The maximum absolute atomic E-state index is 12.2. The Kier molecular flexibility index (Phi) is 6.55. The maximum Gasteiger partial charge on any atom is 0.341 e. The van der Waals surface area contributed by atoms with Crippen molar-refractivity contribution in [1.82, 2.24) is 0 Å². The average Bonchev–Trinajstić information content (AvgIpc) is 2.99. The molecule has 2 aromatic rings. The SMILES string of the molecule is CCCC(=O)Nc1sc([C@H](C)c2ccccc2)cc1C(=O)OCC. The highest BCUT2D eigenvalue weighted by molar-refractivity contribution is 7.16. The van der Waals surface area contributed by atoms with Crippen LogP contribution in [0.4, 0.5) is 5.00 Å². The lowest BCUT2D eigenvalue weighted by atomic mass is 9.99. The summed E-state index contributed by atoms with van der Waals surface area (Å²) in [6.45, 7) is 6.12. The zero-order valence-electron chi connectivity index (χ0n) is 14.3. The number of hydrogen-bond acceptors (Lipinski definition) is 4. The lowest BCUT2D eigenvalue weighted by molar-refractivity contribution is -0.116. The molecule has 0 aliphatic carbocycles. The van der Waals surface area contributed by atoms with Crippen molar-refractivity contribution in [3.63, 3.8) is 0 Å². The molecule has 0 radical (unpaired) electrons. The van der Waals surface area contributed by atoms with E-state index >= 15 is 0 Å². The first kappa shape index (κ1) is 18.2. The highest BCUT2D eigenvalue weighted by atomic mass is 32.1. The van der Waals surface area contributed by atoms with Crippen LogP contribution in [0.15, 0.2) is 36.4 Å². The standard InChI is InChI=1S/C19H23NO3S/c1-4-9-17(21)20-18-15(19(22)23-5-2)12-16(24-18)13(3)14-10-7-6-8-11-14/h6-8,10-13H,4-5,9H2,1-3H3,(H,20,21)/t13-/m1/s1. The maximum atomic E-state index is 12.2. The van der Waals surface area contributed by atoms with Crippen LogP contribution in [0, 0.1) is 0 Å². The molecule has 5 heteroatoms. The zero-order chi connectivity index (χ0) is 17.5. The van der Waals surface area contributed by atoms with Crippen LogP contribution in [0.25, 0.3) is 0 Å². The van der Waals surface area contributed by atoms with Gasteiger partial charge in [-0.3, -0.25) is 4.79 Å². The van der Waals surface area contributed by atoms with Gasteiger partial charge in [0.2, 0.25) is 5.91 Å². The van der Waals surface area contributed by atoms with Gasteiger partial charge in [0.1, 0.15) is 5.00 Å². The van der Waals surface area contributed by atoms with Crippen molar-refractivity contribution in [1.29, 1.82) is 0 Å². The van der Waals surface area contributed by atoms with Gasteiger partial charge in [0.05, 0.1) is 12.2 Å². The van der Waals surface area contributed by atoms with Crippen LogP contribution in [-0.2, 0) is 9.53 Å². The van der Waals surface area contributed by atoms with Gasteiger partial charge >= 0.3 is 5.97 Å². The summed E-state index contributed by atoms with van der Waals surface area (Å²) in [6.07, 6.45) is 1.20. The molecular formula is C19H23NO3S. The van der Waals surface area contributed by atoms with E-state index in [1.54, 1.807) is 6.92 Å². The molecule has 0 saturated heterocycles. The summed E-state index contributed by atoms with van der Waals surface area (Å²) in [7, 11) is 0. The number of amides is 1. The number of carbonyl (C=O) groups excluding carboxylic acids is 2. The van der Waals surface area contributed by atoms with Gasteiger partial charge in [-0.2, -0.15) is 0 Å². The molecule has 1 amide bonds. The molecular weight excluding hydrogens is 322 g/mol. The van der Waals surface area contributed by atoms with E-state index in [2.05, 4.69) is 24.4 Å². The van der Waals surface area contributed by atoms with E-state index in [-0.39, 0.29) is 11.8 Å². The number of esters is 1. The Hall–Kier alpha value is -2.14. The minimum absolute atomic E-state index is 0.0798. The Bertz CT molecular complexity index is 694. The second kappa shape index (κ2) is 8.64. The zero-order valence-corrected chi connectivity index (χ0v) is 15.1. The molecule has 24 heavy (non-hydrogen) atoms. The fourth-order valence-electron chi connectivity index (χ4n) is 2.40. The molecule has 0 bridgehead atoms. The minimum atomic E-state index is -0.396. The van der Waals surface area contributed by atoms with Crippen molar-refractivity contribution in [3.05, 3.63) is 52.4 Å². The third kappa shape index (κ3) is 4.45. The predicted octanol–water partition coefficient (Wildman–Crippen LogP) is 4.82. The van der Waals surface area contributed by atoms with Crippen LogP contribution in [-0.4, -0.2) is 18.5 Å². The summed E-state index contributed by atoms with van der Waals surface area (Å²) in [6, 6.07) is 11.9. The number of hydrogen-bond donors (Lipinski definition) is 1. The van der Waals surface area contributed by atoms with Crippen molar-refractivity contribution in [2.24, 2.45) is 0 Å². The first-order chi connectivity index (χ1) is 11.6.